The van der Waals surface area contributed by atoms with Crippen LogP contribution in [0.15, 0.2) is 24.3 Å². The largest absolute Gasteiger partial charge is 0.382 e. The Bertz CT molecular complexity index is 358. The van der Waals surface area contributed by atoms with Crippen LogP contribution in [0.2, 0.25) is 0 Å². The topological polar surface area (TPSA) is 12.0 Å². The Morgan fingerprint density at radius 1 is 1.13 bits per heavy atom. The van der Waals surface area contributed by atoms with Crippen LogP contribution in [0.3, 0.4) is 0 Å². The molecule has 2 aliphatic rings. The number of hydrogen-bond acceptors (Lipinski definition) is 1. The van der Waals surface area contributed by atoms with E-state index in [0.717, 1.165) is 17.9 Å². The smallest absolute Gasteiger partial charge is 0.0377 e. The molecule has 1 heteroatoms. The number of nitrogens with one attached hydrogen (secondary N) is 1. The van der Waals surface area contributed by atoms with Gasteiger partial charge in [0.25, 0.3) is 0 Å². The predicted octanol–water partition coefficient (Wildman–Crippen LogP) is 3.77. The molecule has 1 aliphatic heterocycles. The van der Waals surface area contributed by atoms with Crippen molar-refractivity contribution in [2.24, 2.45) is 5.92 Å². The molecule has 0 unspecified atom stereocenters. The second kappa shape index (κ2) is 3.55. The molecule has 15 heavy (non-hydrogen) atoms. The number of hydrogen-bond donors (Lipinski definition) is 1. The quantitative estimate of drug-likeness (QED) is 0.673. The van der Waals surface area contributed by atoms with Crippen LogP contribution in [0.4, 0.5) is 5.69 Å². The van der Waals surface area contributed by atoms with E-state index in [1.807, 2.05) is 0 Å². The highest BCUT2D eigenvalue weighted by molar-refractivity contribution is 5.56. The molecule has 1 fully saturated rings. The predicted molar refractivity (Wildman–Crippen MR) is 64.2 cm³/mol. The number of rotatable bonds is 0. The van der Waals surface area contributed by atoms with E-state index in [4.69, 9.17) is 0 Å². The lowest BCUT2D eigenvalue weighted by Gasteiger charge is -2.42. The van der Waals surface area contributed by atoms with Crippen molar-refractivity contribution in [3.05, 3.63) is 29.8 Å². The Hall–Kier alpha value is -0.980. The van der Waals surface area contributed by atoms with E-state index in [0.29, 0.717) is 0 Å². The Morgan fingerprint density at radius 3 is 2.87 bits per heavy atom. The maximum absolute atomic E-state index is 3.73. The molecule has 0 saturated heterocycles. The van der Waals surface area contributed by atoms with Crippen LogP contribution in [0.5, 0.6) is 0 Å². The zero-order valence-corrected chi connectivity index (χ0v) is 9.37. The van der Waals surface area contributed by atoms with E-state index >= 15 is 0 Å². The van der Waals surface area contributed by atoms with E-state index < -0.39 is 0 Å². The standard InChI is InChI=1S/C14H19N/c1-10-11-6-2-4-8-13(11)15-14-9-5-3-7-12(10)14/h2,4,6,8,10,12,14-15H,3,5,7,9H2,1H3/t10-,12-,14+/m1/s1. The fourth-order valence-electron chi connectivity index (χ4n) is 3.39. The minimum absolute atomic E-state index is 0.739. The minimum Gasteiger partial charge on any atom is -0.382 e. The van der Waals surface area contributed by atoms with Crippen LogP contribution in [0.25, 0.3) is 0 Å². The van der Waals surface area contributed by atoms with Crippen molar-refractivity contribution in [3.8, 4) is 0 Å². The monoisotopic (exact) mass is 201 g/mol. The second-order valence-corrected chi connectivity index (χ2v) is 5.08. The summed E-state index contributed by atoms with van der Waals surface area (Å²) >= 11 is 0. The molecular weight excluding hydrogens is 182 g/mol. The van der Waals surface area contributed by atoms with Crippen molar-refractivity contribution in [1.29, 1.82) is 0 Å². The summed E-state index contributed by atoms with van der Waals surface area (Å²) in [6, 6.07) is 9.57. The highest BCUT2D eigenvalue weighted by Gasteiger charge is 2.34. The summed E-state index contributed by atoms with van der Waals surface area (Å²) in [7, 11) is 0. The van der Waals surface area contributed by atoms with Gasteiger partial charge in [0.15, 0.2) is 0 Å². The molecule has 0 amide bonds. The highest BCUT2D eigenvalue weighted by Crippen LogP contribution is 2.43. The average Bonchev–Trinajstić information content (AvgIpc) is 2.30. The van der Waals surface area contributed by atoms with E-state index in [1.165, 1.54) is 36.9 Å². The maximum atomic E-state index is 3.73. The maximum Gasteiger partial charge on any atom is 0.0377 e. The summed E-state index contributed by atoms with van der Waals surface area (Å²) < 4.78 is 0. The summed E-state index contributed by atoms with van der Waals surface area (Å²) in [5, 5.41) is 3.73. The Balaban J connectivity index is 1.98. The fourth-order valence-corrected chi connectivity index (χ4v) is 3.39. The van der Waals surface area contributed by atoms with Crippen molar-refractivity contribution in [3.63, 3.8) is 0 Å². The Morgan fingerprint density at radius 2 is 1.93 bits per heavy atom. The first-order valence-corrected chi connectivity index (χ1v) is 6.22. The SMILES string of the molecule is C[C@@H]1c2ccccc2N[C@H]2CCCC[C@@H]21. The summed E-state index contributed by atoms with van der Waals surface area (Å²) in [6.45, 7) is 2.41. The first kappa shape index (κ1) is 9.26. The number of benzene rings is 1. The molecule has 0 bridgehead atoms. The molecule has 80 valence electrons. The van der Waals surface area contributed by atoms with Gasteiger partial charge in [-0.2, -0.15) is 0 Å². The molecule has 0 radical (unpaired) electrons. The van der Waals surface area contributed by atoms with E-state index in [-0.39, 0.29) is 0 Å². The summed E-state index contributed by atoms with van der Waals surface area (Å²) in [5.74, 6) is 1.61. The third-order valence-corrected chi connectivity index (χ3v) is 4.25. The fraction of sp³-hybridized carbons (Fsp3) is 0.571. The Labute approximate surface area is 91.9 Å². The molecule has 3 atom stereocenters. The van der Waals surface area contributed by atoms with Crippen molar-refractivity contribution >= 4 is 5.69 Å². The van der Waals surface area contributed by atoms with Gasteiger partial charge < -0.3 is 5.32 Å². The van der Waals surface area contributed by atoms with Crippen molar-refractivity contribution in [2.45, 2.75) is 44.6 Å². The lowest BCUT2D eigenvalue weighted by Crippen LogP contribution is -2.39. The van der Waals surface area contributed by atoms with Crippen molar-refractivity contribution in [2.75, 3.05) is 5.32 Å². The number of anilines is 1. The summed E-state index contributed by atoms with van der Waals surface area (Å²) in [4.78, 5) is 0. The van der Waals surface area contributed by atoms with Gasteiger partial charge in [-0.25, -0.2) is 0 Å². The molecule has 1 nitrogen and oxygen atoms in total. The first-order valence-electron chi connectivity index (χ1n) is 6.22. The molecule has 1 aromatic carbocycles. The van der Waals surface area contributed by atoms with Gasteiger partial charge in [-0.15, -0.1) is 0 Å². The van der Waals surface area contributed by atoms with E-state index in [9.17, 15) is 0 Å². The van der Waals surface area contributed by atoms with Crippen LogP contribution in [0.1, 0.15) is 44.1 Å². The number of para-hydroxylation sites is 1. The normalized spacial score (nSPS) is 33.8. The van der Waals surface area contributed by atoms with Crippen LogP contribution < -0.4 is 5.32 Å². The van der Waals surface area contributed by atoms with Gasteiger partial charge in [-0.05, 0) is 36.3 Å². The van der Waals surface area contributed by atoms with Crippen LogP contribution in [-0.2, 0) is 0 Å². The second-order valence-electron chi connectivity index (χ2n) is 5.08. The first-order chi connectivity index (χ1) is 7.36. The lowest BCUT2D eigenvalue weighted by molar-refractivity contribution is 0.278. The van der Waals surface area contributed by atoms with Crippen LogP contribution in [-0.4, -0.2) is 6.04 Å². The van der Waals surface area contributed by atoms with E-state index in [1.54, 1.807) is 0 Å². The molecule has 1 aliphatic carbocycles. The molecule has 0 spiro atoms. The summed E-state index contributed by atoms with van der Waals surface area (Å²) in [6.07, 6.45) is 5.61. The van der Waals surface area contributed by atoms with Crippen molar-refractivity contribution < 1.29 is 0 Å². The zero-order chi connectivity index (χ0) is 10.3. The molecule has 1 N–H and O–H groups in total. The van der Waals surface area contributed by atoms with Gasteiger partial charge in [0.1, 0.15) is 0 Å². The van der Waals surface area contributed by atoms with Gasteiger partial charge >= 0.3 is 0 Å². The van der Waals surface area contributed by atoms with Gasteiger partial charge in [0.2, 0.25) is 0 Å². The van der Waals surface area contributed by atoms with Gasteiger partial charge in [0, 0.05) is 11.7 Å². The lowest BCUT2D eigenvalue weighted by atomic mass is 9.72. The van der Waals surface area contributed by atoms with Crippen molar-refractivity contribution in [1.82, 2.24) is 0 Å². The Kier molecular flexibility index (Phi) is 2.19. The third-order valence-electron chi connectivity index (χ3n) is 4.25. The van der Waals surface area contributed by atoms with E-state index in [2.05, 4.69) is 36.5 Å². The molecule has 0 aromatic heterocycles. The van der Waals surface area contributed by atoms with Gasteiger partial charge in [-0.1, -0.05) is 38.0 Å². The molecule has 1 saturated carbocycles. The zero-order valence-electron chi connectivity index (χ0n) is 9.37. The van der Waals surface area contributed by atoms with Crippen LogP contribution in [0, 0.1) is 5.92 Å². The molecule has 1 heterocycles. The molecular formula is C14H19N. The average molecular weight is 201 g/mol. The van der Waals surface area contributed by atoms with Gasteiger partial charge in [0.05, 0.1) is 0 Å². The highest BCUT2D eigenvalue weighted by atomic mass is 14.9. The third kappa shape index (κ3) is 1.45. The minimum atomic E-state index is 0.739. The van der Waals surface area contributed by atoms with Crippen LogP contribution >= 0.6 is 0 Å². The number of fused-ring (bicyclic) bond motifs is 2. The molecule has 3 rings (SSSR count). The molecule has 1 aromatic rings. The van der Waals surface area contributed by atoms with Gasteiger partial charge in [-0.3, -0.25) is 0 Å². The summed E-state index contributed by atoms with van der Waals surface area (Å²) in [5.41, 5.74) is 2.91.